The molecule has 0 fully saturated rings. The molecule has 0 N–H and O–H groups in total. The number of rotatable bonds is 4. The SMILES string of the molecule is COC(=O)C(C)Oc1nc(Cl)ccc1[N+](=O)[O-]. The first-order chi connectivity index (χ1) is 7.95. The number of carbonyl (C=O) groups is 1. The zero-order valence-corrected chi connectivity index (χ0v) is 9.80. The van der Waals surface area contributed by atoms with E-state index in [0.717, 1.165) is 6.07 Å². The third-order valence-electron chi connectivity index (χ3n) is 1.82. The topological polar surface area (TPSA) is 91.6 Å². The summed E-state index contributed by atoms with van der Waals surface area (Å²) >= 11 is 5.59. The predicted octanol–water partition coefficient (Wildman–Crippen LogP) is 1.58. The monoisotopic (exact) mass is 260 g/mol. The van der Waals surface area contributed by atoms with Gasteiger partial charge in [0.25, 0.3) is 5.88 Å². The normalized spacial score (nSPS) is 11.7. The van der Waals surface area contributed by atoms with E-state index in [1.165, 1.54) is 20.1 Å². The molecule has 8 heteroatoms. The van der Waals surface area contributed by atoms with Crippen molar-refractivity contribution in [2.45, 2.75) is 13.0 Å². The second-order valence-electron chi connectivity index (χ2n) is 3.00. The highest BCUT2D eigenvalue weighted by atomic mass is 35.5. The van der Waals surface area contributed by atoms with Crippen LogP contribution in [0, 0.1) is 10.1 Å². The van der Waals surface area contributed by atoms with Gasteiger partial charge in [0, 0.05) is 6.07 Å². The van der Waals surface area contributed by atoms with Crippen molar-refractivity contribution in [1.29, 1.82) is 0 Å². The summed E-state index contributed by atoms with van der Waals surface area (Å²) in [6.45, 7) is 1.39. The average molecular weight is 261 g/mol. The molecule has 1 atom stereocenters. The Kier molecular flexibility index (Phi) is 4.22. The van der Waals surface area contributed by atoms with Crippen molar-refractivity contribution < 1.29 is 19.2 Å². The van der Waals surface area contributed by atoms with Crippen molar-refractivity contribution in [2.75, 3.05) is 7.11 Å². The van der Waals surface area contributed by atoms with E-state index in [0.29, 0.717) is 0 Å². The van der Waals surface area contributed by atoms with E-state index in [1.807, 2.05) is 0 Å². The van der Waals surface area contributed by atoms with Gasteiger partial charge in [-0.05, 0) is 13.0 Å². The molecule has 1 aromatic rings. The van der Waals surface area contributed by atoms with Crippen LogP contribution in [0.4, 0.5) is 5.69 Å². The van der Waals surface area contributed by atoms with Crippen molar-refractivity contribution >= 4 is 23.3 Å². The standard InChI is InChI=1S/C9H9ClN2O5/c1-5(9(13)16-2)17-8-6(12(14)15)3-4-7(10)11-8/h3-5H,1-2H3. The van der Waals surface area contributed by atoms with Crippen molar-refractivity contribution in [1.82, 2.24) is 4.98 Å². The molecular formula is C9H9ClN2O5. The Morgan fingerprint density at radius 3 is 2.76 bits per heavy atom. The molecule has 0 saturated carbocycles. The van der Waals surface area contributed by atoms with Crippen LogP contribution in [0.15, 0.2) is 12.1 Å². The third kappa shape index (κ3) is 3.28. The highest BCUT2D eigenvalue weighted by Crippen LogP contribution is 2.27. The fourth-order valence-electron chi connectivity index (χ4n) is 1.02. The summed E-state index contributed by atoms with van der Waals surface area (Å²) in [7, 11) is 1.18. The number of aromatic nitrogens is 1. The summed E-state index contributed by atoms with van der Waals surface area (Å²) in [6.07, 6.45) is -1.01. The van der Waals surface area contributed by atoms with Crippen LogP contribution >= 0.6 is 11.6 Å². The van der Waals surface area contributed by atoms with E-state index in [2.05, 4.69) is 9.72 Å². The number of methoxy groups -OCH3 is 1. The maximum atomic E-state index is 11.1. The molecule has 1 rings (SSSR count). The molecule has 1 unspecified atom stereocenters. The lowest BCUT2D eigenvalue weighted by molar-refractivity contribution is -0.386. The van der Waals surface area contributed by atoms with Gasteiger partial charge in [-0.2, -0.15) is 4.98 Å². The Morgan fingerprint density at radius 1 is 1.59 bits per heavy atom. The van der Waals surface area contributed by atoms with E-state index in [-0.39, 0.29) is 16.7 Å². The molecule has 7 nitrogen and oxygen atoms in total. The summed E-state index contributed by atoms with van der Waals surface area (Å²) in [5.74, 6) is -0.985. The molecular weight excluding hydrogens is 252 g/mol. The van der Waals surface area contributed by atoms with Gasteiger partial charge in [-0.25, -0.2) is 4.79 Å². The number of carbonyl (C=O) groups excluding carboxylic acids is 1. The first-order valence-corrected chi connectivity index (χ1v) is 4.89. The van der Waals surface area contributed by atoms with Crippen molar-refractivity contribution in [3.05, 3.63) is 27.4 Å². The van der Waals surface area contributed by atoms with Gasteiger partial charge in [0.2, 0.25) is 0 Å². The smallest absolute Gasteiger partial charge is 0.346 e. The average Bonchev–Trinajstić information content (AvgIpc) is 2.27. The fraction of sp³-hybridized carbons (Fsp3) is 0.333. The van der Waals surface area contributed by atoms with Crippen LogP contribution in [0.2, 0.25) is 5.15 Å². The van der Waals surface area contributed by atoms with Crippen LogP contribution < -0.4 is 4.74 Å². The Bertz CT molecular complexity index is 451. The zero-order chi connectivity index (χ0) is 13.0. The van der Waals surface area contributed by atoms with E-state index >= 15 is 0 Å². The Balaban J connectivity index is 3.00. The highest BCUT2D eigenvalue weighted by Gasteiger charge is 2.23. The summed E-state index contributed by atoms with van der Waals surface area (Å²) in [4.78, 5) is 24.8. The highest BCUT2D eigenvalue weighted by molar-refractivity contribution is 6.29. The molecule has 0 bridgehead atoms. The van der Waals surface area contributed by atoms with Crippen LogP contribution in [-0.4, -0.2) is 29.1 Å². The minimum Gasteiger partial charge on any atom is -0.466 e. The molecule has 1 aromatic heterocycles. The number of hydrogen-bond donors (Lipinski definition) is 0. The summed E-state index contributed by atoms with van der Waals surface area (Å²) < 4.78 is 9.45. The third-order valence-corrected chi connectivity index (χ3v) is 2.03. The number of nitro groups is 1. The Labute approximate surface area is 101 Å². The predicted molar refractivity (Wildman–Crippen MR) is 58.0 cm³/mol. The van der Waals surface area contributed by atoms with Gasteiger partial charge in [-0.1, -0.05) is 11.6 Å². The number of nitrogens with zero attached hydrogens (tertiary/aromatic N) is 2. The van der Waals surface area contributed by atoms with Crippen LogP contribution in [0.1, 0.15) is 6.92 Å². The van der Waals surface area contributed by atoms with Gasteiger partial charge < -0.3 is 9.47 Å². The largest absolute Gasteiger partial charge is 0.466 e. The Hall–Kier alpha value is -1.89. The number of pyridine rings is 1. The first-order valence-electron chi connectivity index (χ1n) is 4.51. The molecule has 92 valence electrons. The maximum Gasteiger partial charge on any atom is 0.346 e. The zero-order valence-electron chi connectivity index (χ0n) is 9.05. The van der Waals surface area contributed by atoms with Crippen molar-refractivity contribution in [3.63, 3.8) is 0 Å². The minimum absolute atomic E-state index is 0.0302. The van der Waals surface area contributed by atoms with Gasteiger partial charge in [0.15, 0.2) is 6.10 Å². The van der Waals surface area contributed by atoms with Crippen LogP contribution in [-0.2, 0) is 9.53 Å². The second kappa shape index (κ2) is 5.44. The number of hydrogen-bond acceptors (Lipinski definition) is 6. The lowest BCUT2D eigenvalue weighted by Crippen LogP contribution is -2.25. The molecule has 0 spiro atoms. The molecule has 0 aromatic carbocycles. The van der Waals surface area contributed by atoms with Gasteiger partial charge in [-0.3, -0.25) is 10.1 Å². The number of halogens is 1. The van der Waals surface area contributed by atoms with Crippen LogP contribution in [0.3, 0.4) is 0 Å². The van der Waals surface area contributed by atoms with Crippen LogP contribution in [0.25, 0.3) is 0 Å². The van der Waals surface area contributed by atoms with Crippen molar-refractivity contribution in [3.8, 4) is 5.88 Å². The van der Waals surface area contributed by atoms with Gasteiger partial charge >= 0.3 is 11.7 Å². The molecule has 1 heterocycles. The van der Waals surface area contributed by atoms with Crippen molar-refractivity contribution in [2.24, 2.45) is 0 Å². The van der Waals surface area contributed by atoms with E-state index < -0.39 is 17.0 Å². The van der Waals surface area contributed by atoms with Gasteiger partial charge in [-0.15, -0.1) is 0 Å². The fourth-order valence-corrected chi connectivity index (χ4v) is 1.16. The molecule has 0 aliphatic carbocycles. The lowest BCUT2D eigenvalue weighted by Gasteiger charge is -2.11. The molecule has 0 aliphatic rings. The van der Waals surface area contributed by atoms with Gasteiger partial charge in [0.1, 0.15) is 5.15 Å². The lowest BCUT2D eigenvalue weighted by atomic mass is 10.4. The Morgan fingerprint density at radius 2 is 2.24 bits per heavy atom. The minimum atomic E-state index is -1.01. The molecule has 0 radical (unpaired) electrons. The quantitative estimate of drug-likeness (QED) is 0.353. The maximum absolute atomic E-state index is 11.1. The van der Waals surface area contributed by atoms with Gasteiger partial charge in [0.05, 0.1) is 12.0 Å². The summed E-state index contributed by atoms with van der Waals surface area (Å²) in [5.41, 5.74) is -0.370. The van der Waals surface area contributed by atoms with E-state index in [1.54, 1.807) is 0 Å². The van der Waals surface area contributed by atoms with E-state index in [9.17, 15) is 14.9 Å². The van der Waals surface area contributed by atoms with Crippen LogP contribution in [0.5, 0.6) is 5.88 Å². The number of esters is 1. The second-order valence-corrected chi connectivity index (χ2v) is 3.39. The first kappa shape index (κ1) is 13.2. The summed E-state index contributed by atoms with van der Waals surface area (Å²) in [6, 6.07) is 2.41. The number of ether oxygens (including phenoxy) is 2. The molecule has 0 amide bonds. The molecule has 17 heavy (non-hydrogen) atoms. The van der Waals surface area contributed by atoms with E-state index in [4.69, 9.17) is 16.3 Å². The summed E-state index contributed by atoms with van der Waals surface area (Å²) in [5, 5.41) is 10.7. The molecule has 0 saturated heterocycles. The molecule has 0 aliphatic heterocycles.